The van der Waals surface area contributed by atoms with Crippen molar-refractivity contribution in [3.63, 3.8) is 0 Å². The highest BCUT2D eigenvalue weighted by atomic mass is 19.1. The van der Waals surface area contributed by atoms with Gasteiger partial charge in [0.2, 0.25) is 0 Å². The molecule has 1 aliphatic heterocycles. The van der Waals surface area contributed by atoms with Crippen molar-refractivity contribution >= 4 is 17.7 Å². The third kappa shape index (κ3) is 3.95. The zero-order chi connectivity index (χ0) is 24.7. The maximum absolute atomic E-state index is 13.7. The smallest absolute Gasteiger partial charge is 0.325 e. The van der Waals surface area contributed by atoms with Crippen LogP contribution < -0.4 is 5.32 Å². The van der Waals surface area contributed by atoms with Crippen molar-refractivity contribution in [2.45, 2.75) is 51.6 Å². The Morgan fingerprint density at radius 1 is 1.06 bits per heavy atom. The number of nitrogens with zero attached hydrogens (tertiary/aromatic N) is 2. The normalized spacial score (nSPS) is 19.6. The molecule has 0 saturated carbocycles. The molecule has 1 saturated heterocycles. The molecule has 2 heterocycles. The van der Waals surface area contributed by atoms with Gasteiger partial charge in [0.1, 0.15) is 11.4 Å². The van der Waals surface area contributed by atoms with E-state index in [0.29, 0.717) is 18.5 Å². The molecule has 2 aromatic carbocycles. The summed E-state index contributed by atoms with van der Waals surface area (Å²) >= 11 is 0. The largest absolute Gasteiger partial charge is 0.344 e. The Morgan fingerprint density at radius 2 is 1.80 bits per heavy atom. The lowest BCUT2D eigenvalue weighted by Gasteiger charge is -2.27. The van der Waals surface area contributed by atoms with E-state index in [1.165, 1.54) is 12.1 Å². The van der Waals surface area contributed by atoms with Crippen LogP contribution in [0.3, 0.4) is 0 Å². The second kappa shape index (κ2) is 8.80. The molecule has 1 aromatic heterocycles. The van der Waals surface area contributed by atoms with Crippen LogP contribution in [0.5, 0.6) is 0 Å². The van der Waals surface area contributed by atoms with E-state index >= 15 is 0 Å². The number of amides is 3. The number of halogens is 1. The number of rotatable bonds is 5. The van der Waals surface area contributed by atoms with Crippen LogP contribution in [0.1, 0.15) is 57.7 Å². The number of hydrogen-bond acceptors (Lipinski definition) is 3. The summed E-state index contributed by atoms with van der Waals surface area (Å²) in [5.74, 6) is -0.940. The first-order valence-corrected chi connectivity index (χ1v) is 12.0. The number of carbonyl (C=O) groups excluding carboxylic acids is 3. The topological polar surface area (TPSA) is 71.4 Å². The minimum absolute atomic E-state index is 0.286. The molecule has 35 heavy (non-hydrogen) atoms. The highest BCUT2D eigenvalue weighted by molar-refractivity contribution is 6.11. The summed E-state index contributed by atoms with van der Waals surface area (Å²) in [6.45, 7) is 3.93. The molecule has 0 radical (unpaired) electrons. The molecule has 1 aliphatic carbocycles. The maximum Gasteiger partial charge on any atom is 0.325 e. The van der Waals surface area contributed by atoms with Crippen LogP contribution >= 0.6 is 0 Å². The van der Waals surface area contributed by atoms with Crippen LogP contribution in [-0.4, -0.2) is 33.7 Å². The summed E-state index contributed by atoms with van der Waals surface area (Å²) in [6, 6.07) is 15.3. The Balaban J connectivity index is 1.40. The molecule has 1 N–H and O–H groups in total. The molecule has 2 aliphatic rings. The summed E-state index contributed by atoms with van der Waals surface area (Å²) in [5, 5.41) is 2.94. The summed E-state index contributed by atoms with van der Waals surface area (Å²) < 4.78 is 15.3. The molecule has 6 nitrogen and oxygen atoms in total. The predicted octanol–water partition coefficient (Wildman–Crippen LogP) is 4.65. The second-order valence-electron chi connectivity index (χ2n) is 9.51. The van der Waals surface area contributed by atoms with Gasteiger partial charge < -0.3 is 9.88 Å². The van der Waals surface area contributed by atoms with Gasteiger partial charge in [0, 0.05) is 23.5 Å². The number of Topliss-reactive ketones (excluding diaryl/α,β-unsaturated/α-hetero) is 1. The van der Waals surface area contributed by atoms with Crippen LogP contribution in [0, 0.1) is 19.7 Å². The molecule has 180 valence electrons. The van der Waals surface area contributed by atoms with Gasteiger partial charge in [-0.1, -0.05) is 36.4 Å². The van der Waals surface area contributed by atoms with Crippen molar-refractivity contribution < 1.29 is 18.8 Å². The fourth-order valence-corrected chi connectivity index (χ4v) is 5.44. The van der Waals surface area contributed by atoms with Crippen molar-refractivity contribution in [2.24, 2.45) is 0 Å². The molecule has 5 rings (SSSR count). The zero-order valence-electron chi connectivity index (χ0n) is 19.9. The average Bonchev–Trinajstić information content (AvgIpc) is 3.16. The SMILES string of the molecule is Cc1cc(C(=O)CN2C(=O)NC3(CCCCc4ccccc43)C2=O)c(C)n1Cc1ccc(F)cc1. The number of aryl methyl sites for hydroxylation is 2. The minimum Gasteiger partial charge on any atom is -0.344 e. The van der Waals surface area contributed by atoms with Crippen LogP contribution in [-0.2, 0) is 23.3 Å². The zero-order valence-corrected chi connectivity index (χ0v) is 19.9. The summed E-state index contributed by atoms with van der Waals surface area (Å²) in [5.41, 5.74) is 3.81. The van der Waals surface area contributed by atoms with E-state index in [1.54, 1.807) is 18.2 Å². The highest BCUT2D eigenvalue weighted by Gasteiger charge is 2.53. The van der Waals surface area contributed by atoms with Crippen LogP contribution in [0.2, 0.25) is 0 Å². The van der Waals surface area contributed by atoms with Crippen molar-refractivity contribution in [1.29, 1.82) is 0 Å². The molecular formula is C28H28FN3O3. The van der Waals surface area contributed by atoms with Gasteiger partial charge in [-0.15, -0.1) is 0 Å². The number of imide groups is 1. The first kappa shape index (κ1) is 23.0. The average molecular weight is 474 g/mol. The fourth-order valence-electron chi connectivity index (χ4n) is 5.44. The van der Waals surface area contributed by atoms with Crippen LogP contribution in [0.15, 0.2) is 54.6 Å². The van der Waals surface area contributed by atoms with E-state index in [-0.39, 0.29) is 24.1 Å². The van der Waals surface area contributed by atoms with Gasteiger partial charge >= 0.3 is 6.03 Å². The molecular weight excluding hydrogens is 445 g/mol. The summed E-state index contributed by atoms with van der Waals surface area (Å²) in [4.78, 5) is 41.0. The Bertz CT molecular complexity index is 1330. The number of ketones is 1. The number of carbonyl (C=O) groups is 3. The quantitative estimate of drug-likeness (QED) is 0.433. The number of fused-ring (bicyclic) bond motifs is 2. The third-order valence-corrected chi connectivity index (χ3v) is 7.33. The first-order chi connectivity index (χ1) is 16.8. The van der Waals surface area contributed by atoms with Crippen molar-refractivity contribution in [3.8, 4) is 0 Å². The lowest BCUT2D eigenvalue weighted by Crippen LogP contribution is -2.44. The van der Waals surface area contributed by atoms with Gasteiger partial charge in [0.25, 0.3) is 5.91 Å². The standard InChI is InChI=1S/C28H28FN3O3/c1-18-15-23(19(2)31(18)16-20-10-12-22(29)13-11-20)25(33)17-32-26(34)28(30-27(32)35)14-6-5-8-21-7-3-4-9-24(21)28/h3-4,7,9-13,15H,5-6,8,14,16-17H2,1-2H3,(H,30,35). The number of benzene rings is 2. The molecule has 7 heteroatoms. The molecule has 1 unspecified atom stereocenters. The molecule has 3 aromatic rings. The van der Waals surface area contributed by atoms with Crippen LogP contribution in [0.4, 0.5) is 9.18 Å². The number of urea groups is 1. The van der Waals surface area contributed by atoms with Crippen molar-refractivity contribution in [2.75, 3.05) is 6.54 Å². The van der Waals surface area contributed by atoms with Gasteiger partial charge in [0.05, 0.1) is 6.54 Å². The fraction of sp³-hybridized carbons (Fsp3) is 0.321. The number of hydrogen-bond donors (Lipinski definition) is 1. The molecule has 1 atom stereocenters. The van der Waals surface area contributed by atoms with E-state index in [2.05, 4.69) is 5.32 Å². The Kier molecular flexibility index (Phi) is 5.79. The van der Waals surface area contributed by atoms with E-state index in [0.717, 1.165) is 52.2 Å². The molecule has 1 spiro atoms. The number of nitrogens with one attached hydrogen (secondary N) is 1. The molecule has 1 fully saturated rings. The van der Waals surface area contributed by atoms with E-state index < -0.39 is 11.6 Å². The summed E-state index contributed by atoms with van der Waals surface area (Å²) in [6.07, 6.45) is 3.14. The minimum atomic E-state index is -1.11. The third-order valence-electron chi connectivity index (χ3n) is 7.33. The Morgan fingerprint density at radius 3 is 2.57 bits per heavy atom. The van der Waals surface area contributed by atoms with Gasteiger partial charge in [-0.05, 0) is 74.4 Å². The van der Waals surface area contributed by atoms with Gasteiger partial charge in [0.15, 0.2) is 5.78 Å². The molecule has 3 amide bonds. The van der Waals surface area contributed by atoms with Crippen molar-refractivity contribution in [3.05, 3.63) is 94.1 Å². The van der Waals surface area contributed by atoms with Gasteiger partial charge in [-0.25, -0.2) is 9.18 Å². The number of aromatic nitrogens is 1. The first-order valence-electron chi connectivity index (χ1n) is 12.0. The van der Waals surface area contributed by atoms with E-state index in [4.69, 9.17) is 0 Å². The van der Waals surface area contributed by atoms with Gasteiger partial charge in [-0.2, -0.15) is 0 Å². The highest BCUT2D eigenvalue weighted by Crippen LogP contribution is 2.39. The van der Waals surface area contributed by atoms with E-state index in [9.17, 15) is 18.8 Å². The summed E-state index contributed by atoms with van der Waals surface area (Å²) in [7, 11) is 0. The lowest BCUT2D eigenvalue weighted by molar-refractivity contribution is -0.131. The Labute approximate surface area is 203 Å². The Hall–Kier alpha value is -3.74. The van der Waals surface area contributed by atoms with Gasteiger partial charge in [-0.3, -0.25) is 14.5 Å². The maximum atomic E-state index is 13.7. The monoisotopic (exact) mass is 473 g/mol. The van der Waals surface area contributed by atoms with Crippen LogP contribution in [0.25, 0.3) is 0 Å². The molecule has 0 bridgehead atoms. The van der Waals surface area contributed by atoms with E-state index in [1.807, 2.05) is 42.7 Å². The van der Waals surface area contributed by atoms with Crippen molar-refractivity contribution in [1.82, 2.24) is 14.8 Å². The lowest BCUT2D eigenvalue weighted by atomic mass is 9.84. The second-order valence-corrected chi connectivity index (χ2v) is 9.51. The predicted molar refractivity (Wildman–Crippen MR) is 130 cm³/mol.